The Balaban J connectivity index is 2.29. The summed E-state index contributed by atoms with van der Waals surface area (Å²) in [5.74, 6) is -0.120. The summed E-state index contributed by atoms with van der Waals surface area (Å²) in [7, 11) is 0. The molecule has 1 aliphatic heterocycles. The number of rotatable bonds is 3. The molecule has 1 atom stereocenters. The lowest BCUT2D eigenvalue weighted by molar-refractivity contribution is -0.385. The number of likely N-dealkylation sites (tertiary alicyclic amines) is 1. The maximum atomic E-state index is 12.4. The van der Waals surface area contributed by atoms with Crippen molar-refractivity contribution >= 4 is 27.5 Å². The number of aryl methyl sites for hydroxylation is 1. The van der Waals surface area contributed by atoms with Crippen molar-refractivity contribution in [2.45, 2.75) is 25.8 Å². The van der Waals surface area contributed by atoms with Crippen LogP contribution in [0.15, 0.2) is 18.2 Å². The molecule has 0 spiro atoms. The second-order valence-electron chi connectivity index (χ2n) is 4.71. The van der Waals surface area contributed by atoms with E-state index in [1.165, 1.54) is 6.07 Å². The summed E-state index contributed by atoms with van der Waals surface area (Å²) in [4.78, 5) is 24.6. The first-order chi connectivity index (χ1) is 9.04. The molecule has 0 bridgehead atoms. The summed E-state index contributed by atoms with van der Waals surface area (Å²) in [6.45, 7) is 2.39. The van der Waals surface area contributed by atoms with Gasteiger partial charge in [-0.15, -0.1) is 0 Å². The molecule has 1 saturated heterocycles. The fourth-order valence-electron chi connectivity index (χ4n) is 2.37. The maximum absolute atomic E-state index is 12.4. The minimum absolute atomic E-state index is 0.000407. The number of carbonyl (C=O) groups excluding carboxylic acids is 1. The first kappa shape index (κ1) is 14.0. The van der Waals surface area contributed by atoms with E-state index in [4.69, 9.17) is 0 Å². The summed E-state index contributed by atoms with van der Waals surface area (Å²) in [6, 6.07) is 4.85. The van der Waals surface area contributed by atoms with Crippen molar-refractivity contribution in [3.63, 3.8) is 0 Å². The number of carbonyl (C=O) groups is 1. The van der Waals surface area contributed by atoms with Crippen molar-refractivity contribution in [1.29, 1.82) is 0 Å². The summed E-state index contributed by atoms with van der Waals surface area (Å²) in [5, 5.41) is 11.7. The fraction of sp³-hybridized carbons (Fsp3) is 0.462. The number of hydrogen-bond acceptors (Lipinski definition) is 3. The highest BCUT2D eigenvalue weighted by Gasteiger charge is 2.29. The average molecular weight is 327 g/mol. The number of hydrogen-bond donors (Lipinski definition) is 0. The van der Waals surface area contributed by atoms with E-state index in [2.05, 4.69) is 15.9 Å². The van der Waals surface area contributed by atoms with Gasteiger partial charge in [0.1, 0.15) is 0 Å². The predicted octanol–water partition coefficient (Wildman–Crippen LogP) is 2.90. The van der Waals surface area contributed by atoms with Crippen molar-refractivity contribution in [2.24, 2.45) is 0 Å². The Bertz CT molecular complexity index is 519. The predicted molar refractivity (Wildman–Crippen MR) is 75.7 cm³/mol. The number of halogens is 1. The minimum atomic E-state index is -0.446. The van der Waals surface area contributed by atoms with E-state index < -0.39 is 4.92 Å². The molecule has 1 fully saturated rings. The molecule has 1 aromatic carbocycles. The van der Waals surface area contributed by atoms with Crippen LogP contribution in [0.2, 0.25) is 0 Å². The van der Waals surface area contributed by atoms with Gasteiger partial charge in [0.05, 0.1) is 4.92 Å². The molecule has 2 rings (SSSR count). The van der Waals surface area contributed by atoms with Crippen LogP contribution in [0.3, 0.4) is 0 Å². The number of alkyl halides is 1. The Morgan fingerprint density at radius 3 is 2.95 bits per heavy atom. The summed E-state index contributed by atoms with van der Waals surface area (Å²) in [6.07, 6.45) is 1.96. The zero-order valence-electron chi connectivity index (χ0n) is 10.6. The summed E-state index contributed by atoms with van der Waals surface area (Å²) >= 11 is 3.40. The number of nitro benzene ring substituents is 1. The summed E-state index contributed by atoms with van der Waals surface area (Å²) in [5.41, 5.74) is 0.964. The number of amides is 1. The van der Waals surface area contributed by atoms with E-state index >= 15 is 0 Å². The van der Waals surface area contributed by atoms with E-state index in [1.807, 2.05) is 0 Å². The van der Waals surface area contributed by atoms with Crippen LogP contribution in [0.1, 0.15) is 28.8 Å². The Hall–Kier alpha value is -1.43. The third-order valence-corrected chi connectivity index (χ3v) is 4.22. The Labute approximate surface area is 119 Å². The Kier molecular flexibility index (Phi) is 4.19. The standard InChI is InChI=1S/C13H15BrN2O3/c1-9-4-5-10(7-12(9)16(18)19)13(17)15-6-2-3-11(15)8-14/h4-5,7,11H,2-3,6,8H2,1H3. The van der Waals surface area contributed by atoms with Gasteiger partial charge < -0.3 is 4.90 Å². The zero-order chi connectivity index (χ0) is 14.0. The molecule has 0 saturated carbocycles. The topological polar surface area (TPSA) is 63.5 Å². The third kappa shape index (κ3) is 2.78. The normalized spacial score (nSPS) is 18.6. The van der Waals surface area contributed by atoms with Gasteiger partial charge in [0.2, 0.25) is 0 Å². The molecule has 1 heterocycles. The first-order valence-electron chi connectivity index (χ1n) is 6.16. The summed E-state index contributed by atoms with van der Waals surface area (Å²) < 4.78 is 0. The Morgan fingerprint density at radius 2 is 2.32 bits per heavy atom. The van der Waals surface area contributed by atoms with Gasteiger partial charge in [-0.2, -0.15) is 0 Å². The van der Waals surface area contributed by atoms with Gasteiger partial charge in [-0.1, -0.05) is 22.0 Å². The second-order valence-corrected chi connectivity index (χ2v) is 5.35. The van der Waals surface area contributed by atoms with Crippen LogP contribution in [-0.4, -0.2) is 33.6 Å². The van der Waals surface area contributed by atoms with Crippen molar-refractivity contribution in [1.82, 2.24) is 4.90 Å². The molecule has 5 nitrogen and oxygen atoms in total. The van der Waals surface area contributed by atoms with Crippen LogP contribution < -0.4 is 0 Å². The van der Waals surface area contributed by atoms with Crippen molar-refractivity contribution < 1.29 is 9.72 Å². The largest absolute Gasteiger partial charge is 0.335 e. The van der Waals surface area contributed by atoms with Crippen LogP contribution in [0.4, 0.5) is 5.69 Å². The zero-order valence-corrected chi connectivity index (χ0v) is 12.2. The van der Waals surface area contributed by atoms with Gasteiger partial charge >= 0.3 is 0 Å². The SMILES string of the molecule is Cc1ccc(C(=O)N2CCCC2CBr)cc1[N+](=O)[O-]. The lowest BCUT2D eigenvalue weighted by atomic mass is 10.1. The highest BCUT2D eigenvalue weighted by molar-refractivity contribution is 9.09. The van der Waals surface area contributed by atoms with Crippen molar-refractivity contribution in [3.8, 4) is 0 Å². The molecule has 102 valence electrons. The minimum Gasteiger partial charge on any atom is -0.335 e. The van der Waals surface area contributed by atoms with Gasteiger partial charge in [-0.05, 0) is 25.8 Å². The molecular formula is C13H15BrN2O3. The van der Waals surface area contributed by atoms with Gasteiger partial charge in [-0.25, -0.2) is 0 Å². The number of nitrogens with zero attached hydrogens (tertiary/aromatic N) is 2. The lowest BCUT2D eigenvalue weighted by Crippen LogP contribution is -2.36. The third-order valence-electron chi connectivity index (χ3n) is 3.47. The van der Waals surface area contributed by atoms with Gasteiger partial charge in [-0.3, -0.25) is 14.9 Å². The van der Waals surface area contributed by atoms with E-state index in [-0.39, 0.29) is 17.6 Å². The molecule has 0 N–H and O–H groups in total. The molecule has 1 aliphatic rings. The van der Waals surface area contributed by atoms with Gasteiger partial charge in [0.25, 0.3) is 11.6 Å². The van der Waals surface area contributed by atoms with E-state index in [0.29, 0.717) is 11.1 Å². The lowest BCUT2D eigenvalue weighted by Gasteiger charge is -2.23. The second kappa shape index (κ2) is 5.69. The average Bonchev–Trinajstić information content (AvgIpc) is 2.86. The van der Waals surface area contributed by atoms with Crippen LogP contribution >= 0.6 is 15.9 Å². The highest BCUT2D eigenvalue weighted by Crippen LogP contribution is 2.24. The molecule has 1 amide bonds. The van der Waals surface area contributed by atoms with Gasteiger partial charge in [0, 0.05) is 35.1 Å². The molecule has 1 aromatic rings. The highest BCUT2D eigenvalue weighted by atomic mass is 79.9. The van der Waals surface area contributed by atoms with Crippen LogP contribution in [0, 0.1) is 17.0 Å². The first-order valence-corrected chi connectivity index (χ1v) is 7.28. The maximum Gasteiger partial charge on any atom is 0.273 e. The van der Waals surface area contributed by atoms with Crippen molar-refractivity contribution in [3.05, 3.63) is 39.4 Å². The fourth-order valence-corrected chi connectivity index (χ4v) is 3.04. The van der Waals surface area contributed by atoms with Crippen LogP contribution in [0.25, 0.3) is 0 Å². The molecule has 0 radical (unpaired) electrons. The monoisotopic (exact) mass is 326 g/mol. The van der Waals surface area contributed by atoms with Crippen LogP contribution in [0.5, 0.6) is 0 Å². The number of nitro groups is 1. The Morgan fingerprint density at radius 1 is 1.58 bits per heavy atom. The van der Waals surface area contributed by atoms with E-state index in [9.17, 15) is 14.9 Å². The van der Waals surface area contributed by atoms with Crippen molar-refractivity contribution in [2.75, 3.05) is 11.9 Å². The van der Waals surface area contributed by atoms with E-state index in [0.717, 1.165) is 24.7 Å². The number of benzene rings is 1. The molecular weight excluding hydrogens is 312 g/mol. The van der Waals surface area contributed by atoms with E-state index in [1.54, 1.807) is 24.0 Å². The van der Waals surface area contributed by atoms with Gasteiger partial charge in [0.15, 0.2) is 0 Å². The molecule has 1 unspecified atom stereocenters. The molecule has 6 heteroatoms. The van der Waals surface area contributed by atoms with Crippen LogP contribution in [-0.2, 0) is 0 Å². The molecule has 0 aromatic heterocycles. The smallest absolute Gasteiger partial charge is 0.273 e. The quantitative estimate of drug-likeness (QED) is 0.487. The molecule has 0 aliphatic carbocycles. The molecule has 19 heavy (non-hydrogen) atoms.